The molecule has 8 heteroatoms. The van der Waals surface area contributed by atoms with Gasteiger partial charge < -0.3 is 10.6 Å². The molecule has 0 spiro atoms. The summed E-state index contributed by atoms with van der Waals surface area (Å²) in [5.41, 5.74) is 0.352. The molecule has 0 saturated heterocycles. The van der Waals surface area contributed by atoms with Crippen LogP contribution in [0.1, 0.15) is 20.3 Å². The number of nitrogens with zero attached hydrogens (tertiary/aromatic N) is 2. The van der Waals surface area contributed by atoms with E-state index in [2.05, 4.69) is 20.8 Å². The Kier molecular flexibility index (Phi) is 6.14. The van der Waals surface area contributed by atoms with Gasteiger partial charge in [-0.25, -0.2) is 4.39 Å². The van der Waals surface area contributed by atoms with E-state index in [0.717, 1.165) is 6.42 Å². The number of amides is 1. The summed E-state index contributed by atoms with van der Waals surface area (Å²) in [6.07, 6.45) is 0.895. The molecule has 0 saturated carbocycles. The Morgan fingerprint density at radius 3 is 2.91 bits per heavy atom. The van der Waals surface area contributed by atoms with Crippen molar-refractivity contribution in [2.24, 2.45) is 0 Å². The topological polar surface area (TPSA) is 66.9 Å². The Balaban J connectivity index is 1.87. The second-order valence-corrected chi connectivity index (χ2v) is 6.84. The lowest BCUT2D eigenvalue weighted by Gasteiger charge is -2.09. The lowest BCUT2D eigenvalue weighted by atomic mass is 10.3. The van der Waals surface area contributed by atoms with E-state index in [0.29, 0.717) is 20.9 Å². The minimum absolute atomic E-state index is 0.0295. The number of benzene rings is 1. The minimum atomic E-state index is -0.347. The summed E-state index contributed by atoms with van der Waals surface area (Å²) < 4.78 is 14.2. The number of carbonyl (C=O) groups is 1. The maximum atomic E-state index is 13.5. The molecule has 0 aliphatic carbocycles. The number of hydrogen-bond acceptors (Lipinski definition) is 6. The van der Waals surface area contributed by atoms with Crippen molar-refractivity contribution < 1.29 is 9.18 Å². The molecule has 0 bridgehead atoms. The van der Waals surface area contributed by atoms with Gasteiger partial charge >= 0.3 is 0 Å². The number of para-hydroxylation sites is 1. The van der Waals surface area contributed by atoms with Crippen LogP contribution >= 0.6 is 23.1 Å². The number of aromatic nitrogens is 2. The summed E-state index contributed by atoms with van der Waals surface area (Å²) in [4.78, 5) is 11.7. The van der Waals surface area contributed by atoms with E-state index in [1.165, 1.54) is 29.2 Å². The molecular formula is C14H17FN4OS2. The lowest BCUT2D eigenvalue weighted by Crippen LogP contribution is -2.33. The van der Waals surface area contributed by atoms with Gasteiger partial charge in [-0.05, 0) is 25.5 Å². The normalized spacial score (nSPS) is 12.0. The Bertz CT molecular complexity index is 635. The molecule has 0 aliphatic heterocycles. The van der Waals surface area contributed by atoms with Gasteiger partial charge in [0.2, 0.25) is 11.0 Å². The predicted molar refractivity (Wildman–Crippen MR) is 88.2 cm³/mol. The molecule has 0 aliphatic rings. The van der Waals surface area contributed by atoms with Gasteiger partial charge in [-0.15, -0.1) is 10.2 Å². The van der Waals surface area contributed by atoms with Gasteiger partial charge in [0, 0.05) is 6.04 Å². The summed E-state index contributed by atoms with van der Waals surface area (Å²) in [5.74, 6) is -0.0865. The van der Waals surface area contributed by atoms with Crippen molar-refractivity contribution >= 4 is 39.8 Å². The van der Waals surface area contributed by atoms with Crippen molar-refractivity contribution in [3.8, 4) is 0 Å². The van der Waals surface area contributed by atoms with Crippen LogP contribution in [0.4, 0.5) is 15.2 Å². The molecule has 0 fully saturated rings. The Morgan fingerprint density at radius 1 is 1.41 bits per heavy atom. The number of anilines is 2. The van der Waals surface area contributed by atoms with Crippen LogP contribution < -0.4 is 10.6 Å². The van der Waals surface area contributed by atoms with Crippen LogP contribution in [0.2, 0.25) is 0 Å². The van der Waals surface area contributed by atoms with Crippen LogP contribution in [0.15, 0.2) is 28.6 Å². The smallest absolute Gasteiger partial charge is 0.230 e. The highest BCUT2D eigenvalue weighted by Gasteiger charge is 2.10. The number of nitrogens with one attached hydrogen (secondary N) is 2. The Morgan fingerprint density at radius 2 is 2.18 bits per heavy atom. The zero-order valence-corrected chi connectivity index (χ0v) is 13.9. The Labute approximate surface area is 136 Å². The van der Waals surface area contributed by atoms with Gasteiger partial charge in [0.25, 0.3) is 0 Å². The van der Waals surface area contributed by atoms with E-state index >= 15 is 0 Å². The number of thioether (sulfide) groups is 1. The highest BCUT2D eigenvalue weighted by atomic mass is 32.2. The third-order valence-electron chi connectivity index (χ3n) is 2.87. The molecule has 1 amide bonds. The van der Waals surface area contributed by atoms with Gasteiger partial charge in [0.1, 0.15) is 5.82 Å². The van der Waals surface area contributed by atoms with Gasteiger partial charge in [-0.3, -0.25) is 4.79 Å². The zero-order valence-electron chi connectivity index (χ0n) is 12.3. The minimum Gasteiger partial charge on any atom is -0.353 e. The van der Waals surface area contributed by atoms with Crippen molar-refractivity contribution in [1.29, 1.82) is 0 Å². The first kappa shape index (κ1) is 16.7. The van der Waals surface area contributed by atoms with E-state index in [-0.39, 0.29) is 17.8 Å². The molecule has 22 heavy (non-hydrogen) atoms. The summed E-state index contributed by atoms with van der Waals surface area (Å²) in [7, 11) is 0. The van der Waals surface area contributed by atoms with E-state index in [1.807, 2.05) is 13.8 Å². The standard InChI is InChI=1S/C14H17FN4OS2/c1-3-9(2)16-12(20)8-21-14-19-18-13(22-14)17-11-7-5-4-6-10(11)15/h4-7,9H,3,8H2,1-2H3,(H,16,20)(H,17,18)/t9-/m0/s1. The fourth-order valence-electron chi connectivity index (χ4n) is 1.54. The molecule has 5 nitrogen and oxygen atoms in total. The summed E-state index contributed by atoms with van der Waals surface area (Å²) in [6, 6.07) is 6.53. The second-order valence-electron chi connectivity index (χ2n) is 4.64. The van der Waals surface area contributed by atoms with Gasteiger partial charge in [-0.2, -0.15) is 0 Å². The number of hydrogen-bond donors (Lipinski definition) is 2. The Hall–Kier alpha value is -1.67. The quantitative estimate of drug-likeness (QED) is 0.756. The molecular weight excluding hydrogens is 323 g/mol. The van der Waals surface area contributed by atoms with Gasteiger partial charge in [0.15, 0.2) is 4.34 Å². The highest BCUT2D eigenvalue weighted by molar-refractivity contribution is 8.01. The van der Waals surface area contributed by atoms with E-state index < -0.39 is 0 Å². The molecule has 1 heterocycles. The van der Waals surface area contributed by atoms with Crippen LogP contribution in [-0.4, -0.2) is 27.9 Å². The fraction of sp³-hybridized carbons (Fsp3) is 0.357. The second kappa shape index (κ2) is 8.09. The third kappa shape index (κ3) is 4.96. The van der Waals surface area contributed by atoms with Crippen LogP contribution in [0.3, 0.4) is 0 Å². The van der Waals surface area contributed by atoms with Crippen LogP contribution in [-0.2, 0) is 4.79 Å². The van der Waals surface area contributed by atoms with Crippen molar-refractivity contribution in [3.63, 3.8) is 0 Å². The molecule has 1 atom stereocenters. The SMILES string of the molecule is CC[C@H](C)NC(=O)CSc1nnc(Nc2ccccc2F)s1. The van der Waals surface area contributed by atoms with Crippen LogP contribution in [0.25, 0.3) is 0 Å². The van der Waals surface area contributed by atoms with Crippen molar-refractivity contribution in [2.75, 3.05) is 11.1 Å². The van der Waals surface area contributed by atoms with E-state index in [4.69, 9.17) is 0 Å². The maximum absolute atomic E-state index is 13.5. The molecule has 0 unspecified atom stereocenters. The summed E-state index contributed by atoms with van der Waals surface area (Å²) in [6.45, 7) is 3.98. The highest BCUT2D eigenvalue weighted by Crippen LogP contribution is 2.28. The van der Waals surface area contributed by atoms with Crippen molar-refractivity contribution in [1.82, 2.24) is 15.5 Å². The maximum Gasteiger partial charge on any atom is 0.230 e. The van der Waals surface area contributed by atoms with Crippen molar-refractivity contribution in [2.45, 2.75) is 30.6 Å². The van der Waals surface area contributed by atoms with E-state index in [1.54, 1.807) is 18.2 Å². The summed E-state index contributed by atoms with van der Waals surface area (Å²) >= 11 is 2.60. The van der Waals surface area contributed by atoms with Crippen LogP contribution in [0, 0.1) is 5.82 Å². The average Bonchev–Trinajstić information content (AvgIpc) is 2.95. The first-order chi connectivity index (χ1) is 10.6. The zero-order chi connectivity index (χ0) is 15.9. The largest absolute Gasteiger partial charge is 0.353 e. The predicted octanol–water partition coefficient (Wildman–Crippen LogP) is 3.43. The fourth-order valence-corrected chi connectivity index (χ4v) is 3.12. The molecule has 2 aromatic rings. The number of halogens is 1. The van der Waals surface area contributed by atoms with E-state index in [9.17, 15) is 9.18 Å². The van der Waals surface area contributed by atoms with Gasteiger partial charge in [0.05, 0.1) is 11.4 Å². The average molecular weight is 340 g/mol. The first-order valence-electron chi connectivity index (χ1n) is 6.85. The molecule has 1 aromatic heterocycles. The van der Waals surface area contributed by atoms with Gasteiger partial charge in [-0.1, -0.05) is 42.2 Å². The molecule has 2 N–H and O–H groups in total. The van der Waals surface area contributed by atoms with Crippen LogP contribution in [0.5, 0.6) is 0 Å². The molecule has 2 rings (SSSR count). The molecule has 1 aromatic carbocycles. The third-order valence-corrected chi connectivity index (χ3v) is 4.84. The molecule has 118 valence electrons. The van der Waals surface area contributed by atoms with Crippen molar-refractivity contribution in [3.05, 3.63) is 30.1 Å². The summed E-state index contributed by atoms with van der Waals surface area (Å²) in [5, 5.41) is 14.2. The lowest BCUT2D eigenvalue weighted by molar-refractivity contribution is -0.119. The number of carbonyl (C=O) groups excluding carboxylic acids is 1. The number of rotatable bonds is 7. The molecule has 0 radical (unpaired) electrons. The monoisotopic (exact) mass is 340 g/mol. The first-order valence-corrected chi connectivity index (χ1v) is 8.66.